The van der Waals surface area contributed by atoms with Crippen LogP contribution in [0.1, 0.15) is 17.9 Å². The Labute approximate surface area is 163 Å². The fraction of sp³-hybridized carbons (Fsp3) is 0.286. The molecular formula is C21H23N5O2. The number of benzene rings is 1. The van der Waals surface area contributed by atoms with Gasteiger partial charge >= 0.3 is 6.03 Å². The summed E-state index contributed by atoms with van der Waals surface area (Å²) in [5.74, 6) is 0.381. The van der Waals surface area contributed by atoms with E-state index in [0.29, 0.717) is 30.5 Å². The van der Waals surface area contributed by atoms with Crippen molar-refractivity contribution in [3.8, 4) is 11.3 Å². The summed E-state index contributed by atoms with van der Waals surface area (Å²) in [6, 6.07) is 13.7. The number of rotatable bonds is 5. The topological polar surface area (TPSA) is 81.1 Å². The van der Waals surface area contributed by atoms with E-state index in [2.05, 4.69) is 32.8 Å². The molecule has 3 aromatic rings. The van der Waals surface area contributed by atoms with Crippen molar-refractivity contribution in [3.63, 3.8) is 0 Å². The quantitative estimate of drug-likeness (QED) is 0.716. The second kappa shape index (κ2) is 8.22. The number of pyridine rings is 1. The summed E-state index contributed by atoms with van der Waals surface area (Å²) < 4.78 is 7.55. The van der Waals surface area contributed by atoms with Crippen molar-refractivity contribution >= 4 is 11.7 Å². The lowest BCUT2D eigenvalue weighted by atomic mass is 9.96. The molecule has 0 unspecified atom stereocenters. The zero-order chi connectivity index (χ0) is 19.3. The van der Waals surface area contributed by atoms with Gasteiger partial charge in [-0.05, 0) is 24.1 Å². The van der Waals surface area contributed by atoms with Crippen LogP contribution in [0.2, 0.25) is 0 Å². The lowest BCUT2D eigenvalue weighted by Gasteiger charge is -2.13. The van der Waals surface area contributed by atoms with Crippen molar-refractivity contribution in [1.82, 2.24) is 20.1 Å². The van der Waals surface area contributed by atoms with E-state index in [-0.39, 0.29) is 12.1 Å². The predicted octanol–water partition coefficient (Wildman–Crippen LogP) is 3.18. The van der Waals surface area contributed by atoms with E-state index in [9.17, 15) is 4.79 Å². The Kier molecular flexibility index (Phi) is 5.34. The molecule has 7 nitrogen and oxygen atoms in total. The summed E-state index contributed by atoms with van der Waals surface area (Å²) >= 11 is 0. The minimum Gasteiger partial charge on any atom is -0.376 e. The summed E-state index contributed by atoms with van der Waals surface area (Å²) in [6.45, 7) is 1.16. The zero-order valence-corrected chi connectivity index (χ0v) is 15.7. The third-order valence-corrected chi connectivity index (χ3v) is 4.88. The van der Waals surface area contributed by atoms with Crippen molar-refractivity contribution < 1.29 is 9.53 Å². The molecule has 0 radical (unpaired) electrons. The van der Waals surface area contributed by atoms with Crippen LogP contribution in [-0.4, -0.2) is 40.1 Å². The third-order valence-electron chi connectivity index (χ3n) is 4.88. The highest BCUT2D eigenvalue weighted by Gasteiger charge is 2.26. The number of hydrogen-bond donors (Lipinski definition) is 2. The monoisotopic (exact) mass is 377 g/mol. The summed E-state index contributed by atoms with van der Waals surface area (Å²) in [5.41, 5.74) is 3.46. The van der Waals surface area contributed by atoms with E-state index in [1.165, 1.54) is 5.56 Å². The van der Waals surface area contributed by atoms with Gasteiger partial charge in [0.2, 0.25) is 0 Å². The number of carbonyl (C=O) groups excluding carboxylic acids is 1. The number of aryl methyl sites for hydroxylation is 1. The van der Waals surface area contributed by atoms with Crippen LogP contribution in [0.15, 0.2) is 61.1 Å². The Morgan fingerprint density at radius 2 is 2.11 bits per heavy atom. The van der Waals surface area contributed by atoms with Gasteiger partial charge in [0.1, 0.15) is 0 Å². The van der Waals surface area contributed by atoms with E-state index >= 15 is 0 Å². The molecular weight excluding hydrogens is 354 g/mol. The van der Waals surface area contributed by atoms with Crippen molar-refractivity contribution in [2.45, 2.75) is 18.4 Å². The second-order valence-corrected chi connectivity index (χ2v) is 6.94. The van der Waals surface area contributed by atoms with E-state index in [1.807, 2.05) is 37.5 Å². The molecule has 1 aromatic carbocycles. The summed E-state index contributed by atoms with van der Waals surface area (Å²) in [7, 11) is 1.84. The summed E-state index contributed by atoms with van der Waals surface area (Å²) in [6.07, 6.45) is 6.20. The average molecular weight is 377 g/mol. The Bertz CT molecular complexity index is 941. The molecule has 2 aromatic heterocycles. The van der Waals surface area contributed by atoms with Crippen LogP contribution in [0.5, 0.6) is 0 Å². The fourth-order valence-electron chi connectivity index (χ4n) is 3.46. The number of urea groups is 1. The van der Waals surface area contributed by atoms with Gasteiger partial charge in [0, 0.05) is 37.5 Å². The number of amides is 2. The van der Waals surface area contributed by atoms with Crippen LogP contribution in [0.4, 0.5) is 10.5 Å². The molecule has 2 amide bonds. The molecule has 4 rings (SSSR count). The van der Waals surface area contributed by atoms with Crippen molar-refractivity contribution in [1.29, 1.82) is 0 Å². The van der Waals surface area contributed by atoms with Gasteiger partial charge in [0.05, 0.1) is 30.3 Å². The largest absolute Gasteiger partial charge is 0.376 e. The first-order chi connectivity index (χ1) is 13.7. The maximum Gasteiger partial charge on any atom is 0.319 e. The third kappa shape index (κ3) is 4.20. The number of carbonyl (C=O) groups is 1. The Morgan fingerprint density at radius 1 is 1.25 bits per heavy atom. The van der Waals surface area contributed by atoms with E-state index in [1.54, 1.807) is 23.1 Å². The Balaban J connectivity index is 1.32. The molecule has 1 saturated heterocycles. The van der Waals surface area contributed by atoms with Gasteiger partial charge in [-0.15, -0.1) is 0 Å². The summed E-state index contributed by atoms with van der Waals surface area (Å²) in [4.78, 5) is 16.8. The van der Waals surface area contributed by atoms with Crippen molar-refractivity contribution in [3.05, 3.63) is 66.6 Å². The molecule has 1 fully saturated rings. The van der Waals surface area contributed by atoms with Crippen LogP contribution in [0, 0.1) is 0 Å². The molecule has 2 N–H and O–H groups in total. The Hall–Kier alpha value is -3.19. The number of hydrogen-bond acceptors (Lipinski definition) is 4. The van der Waals surface area contributed by atoms with E-state index in [4.69, 9.17) is 4.74 Å². The highest BCUT2D eigenvalue weighted by molar-refractivity contribution is 5.93. The van der Waals surface area contributed by atoms with Crippen LogP contribution in [0.25, 0.3) is 11.3 Å². The smallest absolute Gasteiger partial charge is 0.319 e. The van der Waals surface area contributed by atoms with Crippen LogP contribution in [-0.2, 0) is 11.8 Å². The standard InChI is InChI=1S/C21H23N5O2/c1-26-13-17(11-24-26)20-19(8-5-9-22-20)25-21(27)23-12-18-10-16(14-28-18)15-6-3-2-4-7-15/h2-9,11,13,16,18H,10,12,14H2,1H3,(H2,23,25,27)/t16-,18-/m0/s1. The van der Waals surface area contributed by atoms with Gasteiger partial charge < -0.3 is 15.4 Å². The molecule has 2 atom stereocenters. The maximum atomic E-state index is 12.4. The molecule has 0 aliphatic carbocycles. The molecule has 0 bridgehead atoms. The normalized spacial score (nSPS) is 18.8. The highest BCUT2D eigenvalue weighted by atomic mass is 16.5. The lowest BCUT2D eigenvalue weighted by Crippen LogP contribution is -2.35. The molecule has 7 heteroatoms. The first-order valence-corrected chi connectivity index (χ1v) is 9.34. The van der Waals surface area contributed by atoms with Gasteiger partial charge in [-0.3, -0.25) is 9.67 Å². The minimum atomic E-state index is -0.273. The number of aromatic nitrogens is 3. The van der Waals surface area contributed by atoms with Gasteiger partial charge in [-0.2, -0.15) is 5.10 Å². The second-order valence-electron chi connectivity index (χ2n) is 6.94. The first-order valence-electron chi connectivity index (χ1n) is 9.34. The van der Waals surface area contributed by atoms with Crippen LogP contribution >= 0.6 is 0 Å². The molecule has 28 heavy (non-hydrogen) atoms. The zero-order valence-electron chi connectivity index (χ0n) is 15.7. The van der Waals surface area contributed by atoms with Gasteiger partial charge in [0.25, 0.3) is 0 Å². The Morgan fingerprint density at radius 3 is 2.89 bits per heavy atom. The first kappa shape index (κ1) is 18.2. The summed E-state index contributed by atoms with van der Waals surface area (Å²) in [5, 5.41) is 9.95. The maximum absolute atomic E-state index is 12.4. The van der Waals surface area contributed by atoms with Gasteiger partial charge in [0.15, 0.2) is 0 Å². The molecule has 1 aliphatic rings. The fourth-order valence-corrected chi connectivity index (χ4v) is 3.46. The molecule has 144 valence electrons. The van der Waals surface area contributed by atoms with Crippen molar-refractivity contribution in [2.24, 2.45) is 7.05 Å². The molecule has 1 aliphatic heterocycles. The average Bonchev–Trinajstić information content (AvgIpc) is 3.37. The molecule has 0 spiro atoms. The van der Waals surface area contributed by atoms with Gasteiger partial charge in [-0.25, -0.2) is 4.79 Å². The van der Waals surface area contributed by atoms with Gasteiger partial charge in [-0.1, -0.05) is 30.3 Å². The predicted molar refractivity (Wildman–Crippen MR) is 107 cm³/mol. The van der Waals surface area contributed by atoms with Crippen LogP contribution in [0.3, 0.4) is 0 Å². The number of ether oxygens (including phenoxy) is 1. The number of anilines is 1. The van der Waals surface area contributed by atoms with Crippen molar-refractivity contribution in [2.75, 3.05) is 18.5 Å². The van der Waals surface area contributed by atoms with E-state index in [0.717, 1.165) is 12.0 Å². The number of nitrogens with zero attached hydrogens (tertiary/aromatic N) is 3. The van der Waals surface area contributed by atoms with E-state index < -0.39 is 0 Å². The highest BCUT2D eigenvalue weighted by Crippen LogP contribution is 2.29. The number of nitrogens with one attached hydrogen (secondary N) is 2. The lowest BCUT2D eigenvalue weighted by molar-refractivity contribution is 0.110. The molecule has 3 heterocycles. The SMILES string of the molecule is Cn1cc(-c2ncccc2NC(=O)NC[C@@H]2C[C@H](c3ccccc3)CO2)cn1. The van der Waals surface area contributed by atoms with Crippen LogP contribution < -0.4 is 10.6 Å². The minimum absolute atomic E-state index is 0.0163. The molecule has 0 saturated carbocycles.